The van der Waals surface area contributed by atoms with Gasteiger partial charge < -0.3 is 9.47 Å². The molecule has 12 aliphatic carbocycles. The number of ether oxygens (including phenoxy) is 2. The van der Waals surface area contributed by atoms with E-state index in [0.29, 0.717) is 13.2 Å². The van der Waals surface area contributed by atoms with Gasteiger partial charge in [-0.1, -0.05) is 221 Å². The number of unbranched alkanes of at least 4 members (excludes halogenated alkanes) is 2. The Bertz CT molecular complexity index is 4000. The highest BCUT2D eigenvalue weighted by Crippen LogP contribution is 2.69. The minimum Gasteiger partial charge on any atom is -0.493 e. The van der Waals surface area contributed by atoms with Crippen LogP contribution in [0.4, 0.5) is 0 Å². The van der Waals surface area contributed by atoms with Crippen molar-refractivity contribution in [1.29, 1.82) is 0 Å². The molecular formula is C81H64N2O2. The van der Waals surface area contributed by atoms with Crippen molar-refractivity contribution in [3.8, 4) is 22.9 Å². The third-order valence-electron chi connectivity index (χ3n) is 21.7. The summed E-state index contributed by atoms with van der Waals surface area (Å²) in [5, 5.41) is 0. The first kappa shape index (κ1) is 48.4. The van der Waals surface area contributed by atoms with Crippen LogP contribution in [-0.2, 0) is 0 Å². The number of rotatable bonds is 10. The molecule has 0 spiro atoms. The first-order valence-electron chi connectivity index (χ1n) is 31.5. The smallest absolute Gasteiger partial charge is 0.269 e. The van der Waals surface area contributed by atoms with E-state index in [1.165, 1.54) is 156 Å². The van der Waals surface area contributed by atoms with Gasteiger partial charge in [-0.25, -0.2) is 0 Å². The topological polar surface area (TPSA) is 27.3 Å². The van der Waals surface area contributed by atoms with Gasteiger partial charge >= 0.3 is 0 Å². The zero-order valence-electron chi connectivity index (χ0n) is 48.5. The quantitative estimate of drug-likeness (QED) is 0.0775. The predicted molar refractivity (Wildman–Crippen MR) is 336 cm³/mol. The molecule has 0 saturated heterocycles. The maximum atomic E-state index is 7.63. The van der Waals surface area contributed by atoms with E-state index in [2.05, 4.69) is 237 Å². The number of aromatic nitrogens is 2. The molecule has 410 valence electrons. The Labute approximate surface area is 498 Å². The molecule has 0 amide bonds. The molecule has 0 unspecified atom stereocenters. The highest BCUT2D eigenvalue weighted by molar-refractivity contribution is 5.86. The van der Waals surface area contributed by atoms with E-state index in [0.717, 1.165) is 37.2 Å². The molecule has 0 radical (unpaired) electrons. The third kappa shape index (κ3) is 6.05. The number of nitrogens with zero attached hydrogens (tertiary/aromatic N) is 2. The maximum Gasteiger partial charge on any atom is 0.269 e. The number of imidazole rings is 1. The van der Waals surface area contributed by atoms with Crippen molar-refractivity contribution < 1.29 is 14.0 Å². The van der Waals surface area contributed by atoms with Crippen LogP contribution in [0.3, 0.4) is 0 Å². The number of benzene rings is 10. The first-order valence-corrected chi connectivity index (χ1v) is 31.5. The summed E-state index contributed by atoms with van der Waals surface area (Å²) in [5.74, 6) is 2.10. The van der Waals surface area contributed by atoms with Crippen LogP contribution in [0.15, 0.2) is 194 Å². The van der Waals surface area contributed by atoms with Gasteiger partial charge in [0, 0.05) is 69.6 Å². The summed E-state index contributed by atoms with van der Waals surface area (Å²) in [7, 11) is 0. The van der Waals surface area contributed by atoms with Crippen LogP contribution < -0.4 is 14.0 Å². The molecule has 11 aromatic rings. The molecule has 1 heterocycles. The van der Waals surface area contributed by atoms with Gasteiger partial charge in [0.1, 0.15) is 11.5 Å². The zero-order chi connectivity index (χ0) is 56.1. The fraction of sp³-hybridized carbons (Fsp3) is 0.222. The van der Waals surface area contributed by atoms with Gasteiger partial charge in [0.25, 0.3) is 6.33 Å². The van der Waals surface area contributed by atoms with Crippen LogP contribution in [0.2, 0.25) is 0 Å². The second kappa shape index (κ2) is 17.8. The minimum atomic E-state index is -0.0244. The van der Waals surface area contributed by atoms with E-state index in [4.69, 9.17) is 9.47 Å². The predicted octanol–water partition coefficient (Wildman–Crippen LogP) is 17.5. The Morgan fingerprint density at radius 2 is 0.553 bits per heavy atom. The zero-order valence-corrected chi connectivity index (χ0v) is 48.5. The summed E-state index contributed by atoms with van der Waals surface area (Å²) in [6.07, 6.45) is 8.61. The normalized spacial score (nSPS) is 21.2. The van der Waals surface area contributed by atoms with Gasteiger partial charge in [-0.15, -0.1) is 0 Å². The molecule has 1 aromatic heterocycles. The molecule has 12 aliphatic rings. The van der Waals surface area contributed by atoms with Crippen LogP contribution in [0.5, 0.6) is 11.5 Å². The summed E-state index contributed by atoms with van der Waals surface area (Å²) in [4.78, 5) is 0. The second-order valence-electron chi connectivity index (χ2n) is 25.5. The SMILES string of the molecule is CCCCOc1c2c(c(-n3[c-][n+](-c4c5c(c(OCCCC)c6c4C4c7ccccc7C6c6ccccc64)C4c6ccccc6C5c5ccccc54)c(C)c3C)c3c1C1c4ccccc4C3c3ccccc31)C1c3ccccc3C2c2ccccc21. The minimum absolute atomic E-state index is 0.00577. The van der Waals surface area contributed by atoms with Gasteiger partial charge in [0.2, 0.25) is 0 Å². The van der Waals surface area contributed by atoms with Gasteiger partial charge in [0.05, 0.1) is 36.0 Å². The van der Waals surface area contributed by atoms with Crippen molar-refractivity contribution in [3.05, 3.63) is 345 Å². The Morgan fingerprint density at radius 1 is 0.329 bits per heavy atom. The monoisotopic (exact) mass is 1100 g/mol. The summed E-state index contributed by atoms with van der Waals surface area (Å²) < 4.78 is 20.5. The molecule has 0 aliphatic heterocycles. The Balaban J connectivity index is 0.974. The van der Waals surface area contributed by atoms with Gasteiger partial charge in [-0.05, 0) is 138 Å². The lowest BCUT2D eigenvalue weighted by atomic mass is 9.55. The fourth-order valence-corrected chi connectivity index (χ4v) is 18.5. The fourth-order valence-electron chi connectivity index (χ4n) is 18.5. The summed E-state index contributed by atoms with van der Waals surface area (Å²) in [5.41, 5.74) is 38.3. The average Bonchev–Trinajstić information content (AvgIpc) is 1.38. The van der Waals surface area contributed by atoms with E-state index in [1.807, 2.05) is 0 Å². The van der Waals surface area contributed by atoms with Crippen LogP contribution in [0, 0.1) is 20.2 Å². The molecule has 4 heteroatoms. The van der Waals surface area contributed by atoms with Crippen molar-refractivity contribution >= 4 is 0 Å². The number of hydrogen-bond donors (Lipinski definition) is 0. The second-order valence-corrected chi connectivity index (χ2v) is 25.5. The summed E-state index contributed by atoms with van der Waals surface area (Å²) in [6.45, 7) is 10.7. The van der Waals surface area contributed by atoms with E-state index >= 15 is 0 Å². The summed E-state index contributed by atoms with van der Waals surface area (Å²) >= 11 is 0. The average molecular weight is 1100 g/mol. The van der Waals surface area contributed by atoms with E-state index < -0.39 is 0 Å². The largest absolute Gasteiger partial charge is 0.493 e. The lowest BCUT2D eigenvalue weighted by Gasteiger charge is -2.49. The van der Waals surface area contributed by atoms with Crippen molar-refractivity contribution in [2.75, 3.05) is 13.2 Å². The molecule has 0 atom stereocenters. The Kier molecular flexibility index (Phi) is 10.1. The van der Waals surface area contributed by atoms with E-state index in [-0.39, 0.29) is 47.3 Å². The Hall–Kier alpha value is -8.99. The third-order valence-corrected chi connectivity index (χ3v) is 21.7. The lowest BCUT2D eigenvalue weighted by Crippen LogP contribution is -2.43. The molecule has 23 rings (SSSR count). The molecule has 10 aromatic carbocycles. The van der Waals surface area contributed by atoms with Gasteiger partial charge in [-0.2, -0.15) is 0 Å². The first-order chi connectivity index (χ1) is 42.1. The van der Waals surface area contributed by atoms with Crippen molar-refractivity contribution in [3.63, 3.8) is 0 Å². The van der Waals surface area contributed by atoms with Crippen LogP contribution in [0.1, 0.15) is 232 Å². The molecular weight excluding hydrogens is 1030 g/mol. The van der Waals surface area contributed by atoms with Gasteiger partial charge in [0.15, 0.2) is 0 Å². The van der Waals surface area contributed by atoms with Crippen molar-refractivity contribution in [2.24, 2.45) is 0 Å². The van der Waals surface area contributed by atoms with Crippen molar-refractivity contribution in [1.82, 2.24) is 4.57 Å². The molecule has 0 N–H and O–H groups in total. The molecule has 4 nitrogen and oxygen atoms in total. The van der Waals surface area contributed by atoms with Crippen LogP contribution in [0.25, 0.3) is 11.4 Å². The Morgan fingerprint density at radius 3 is 0.800 bits per heavy atom. The van der Waals surface area contributed by atoms with Gasteiger partial charge in [-0.3, -0.25) is 9.13 Å². The lowest BCUT2D eigenvalue weighted by molar-refractivity contribution is -0.607. The highest BCUT2D eigenvalue weighted by atomic mass is 16.5. The van der Waals surface area contributed by atoms with E-state index in [9.17, 15) is 0 Å². The maximum absolute atomic E-state index is 7.63. The molecule has 0 fully saturated rings. The van der Waals surface area contributed by atoms with Crippen LogP contribution in [-0.4, -0.2) is 17.8 Å². The molecule has 8 bridgehead atoms. The standard InChI is InChI=1S/C81H64N2O2/c1-5-7-41-84-80-74-66-54-33-17-9-25-46(54)62(47-26-10-18-34-55(47)66)70(74)78(71-63-48-27-11-19-35-56(48)67(75(71)80)57-36-20-12-28-49(57)63)82-43-83(45(4)44(82)3)79-72-64-50-29-13-21-37-58(50)68(59-38-22-14-30-51(59)64)76(72)81(85-42-8-6-2)77-69-60-39-23-15-31-52(60)65(73(77)79)53-32-16-24-40-61(53)69/h9-40,62-69H,5-8,41-42H2,1-4H3. The van der Waals surface area contributed by atoms with Crippen molar-refractivity contribution in [2.45, 2.75) is 101 Å². The van der Waals surface area contributed by atoms with Crippen LogP contribution >= 0.6 is 0 Å². The summed E-state index contributed by atoms with van der Waals surface area (Å²) in [6, 6.07) is 75.0. The highest BCUT2D eigenvalue weighted by Gasteiger charge is 2.55. The molecule has 85 heavy (non-hydrogen) atoms. The molecule has 0 saturated carbocycles. The van der Waals surface area contributed by atoms with E-state index in [1.54, 1.807) is 0 Å². The number of hydrogen-bond acceptors (Lipinski definition) is 2.